The van der Waals surface area contributed by atoms with Gasteiger partial charge in [0.1, 0.15) is 11.6 Å². The van der Waals surface area contributed by atoms with Gasteiger partial charge in [-0.05, 0) is 37.5 Å². The van der Waals surface area contributed by atoms with E-state index >= 15 is 0 Å². The monoisotopic (exact) mass is 368 g/mol. The van der Waals surface area contributed by atoms with E-state index in [1.54, 1.807) is 34.9 Å². The van der Waals surface area contributed by atoms with Gasteiger partial charge in [-0.1, -0.05) is 54.6 Å². The molecule has 144 valence electrons. The minimum absolute atomic E-state index is 0.173. The van der Waals surface area contributed by atoms with Gasteiger partial charge in [0.25, 0.3) is 0 Å². The van der Waals surface area contributed by atoms with Crippen molar-refractivity contribution in [1.82, 2.24) is 10.2 Å². The number of ether oxygens (including phenoxy) is 1. The SMILES string of the molecule is CN(C)C(=O)C(Cc1ccc(-c2ccccc2)cc1)NC(=O)OC(C)(C)C. The Labute approximate surface area is 161 Å². The minimum atomic E-state index is -0.683. The molecule has 0 radical (unpaired) electrons. The number of likely N-dealkylation sites (N-methyl/N-ethyl adjacent to an activating group) is 1. The van der Waals surface area contributed by atoms with E-state index in [9.17, 15) is 9.59 Å². The van der Waals surface area contributed by atoms with Crippen LogP contribution in [0.25, 0.3) is 11.1 Å². The molecule has 0 saturated carbocycles. The Morgan fingerprint density at radius 3 is 2.04 bits per heavy atom. The number of benzene rings is 2. The molecule has 0 aliphatic heterocycles. The van der Waals surface area contributed by atoms with E-state index < -0.39 is 17.7 Å². The van der Waals surface area contributed by atoms with Crippen LogP contribution in [0.2, 0.25) is 0 Å². The molecule has 0 heterocycles. The molecule has 0 fully saturated rings. The molecule has 2 aromatic rings. The summed E-state index contributed by atoms with van der Waals surface area (Å²) in [5.74, 6) is -0.173. The van der Waals surface area contributed by atoms with Crippen molar-refractivity contribution < 1.29 is 14.3 Å². The third-order valence-corrected chi connectivity index (χ3v) is 3.93. The van der Waals surface area contributed by atoms with E-state index in [0.717, 1.165) is 16.7 Å². The van der Waals surface area contributed by atoms with Crippen molar-refractivity contribution in [3.8, 4) is 11.1 Å². The molecule has 0 aromatic heterocycles. The van der Waals surface area contributed by atoms with Crippen molar-refractivity contribution in [1.29, 1.82) is 0 Å². The summed E-state index contributed by atoms with van der Waals surface area (Å²) >= 11 is 0. The van der Waals surface area contributed by atoms with E-state index in [1.165, 1.54) is 4.90 Å². The summed E-state index contributed by atoms with van der Waals surface area (Å²) in [5, 5.41) is 2.70. The Hall–Kier alpha value is -2.82. The number of amides is 2. The van der Waals surface area contributed by atoms with Crippen LogP contribution >= 0.6 is 0 Å². The lowest BCUT2D eigenvalue weighted by molar-refractivity contribution is -0.130. The van der Waals surface area contributed by atoms with E-state index in [0.29, 0.717) is 6.42 Å². The highest BCUT2D eigenvalue weighted by atomic mass is 16.6. The Morgan fingerprint density at radius 2 is 1.52 bits per heavy atom. The highest BCUT2D eigenvalue weighted by Gasteiger charge is 2.25. The van der Waals surface area contributed by atoms with Crippen molar-refractivity contribution in [3.63, 3.8) is 0 Å². The second kappa shape index (κ2) is 8.71. The van der Waals surface area contributed by atoms with Crippen molar-refractivity contribution >= 4 is 12.0 Å². The van der Waals surface area contributed by atoms with E-state index in [1.807, 2.05) is 42.5 Å². The first-order valence-corrected chi connectivity index (χ1v) is 9.01. The highest BCUT2D eigenvalue weighted by Crippen LogP contribution is 2.20. The summed E-state index contributed by atoms with van der Waals surface area (Å²) in [7, 11) is 3.34. The normalized spacial score (nSPS) is 12.2. The molecule has 1 atom stereocenters. The van der Waals surface area contributed by atoms with Gasteiger partial charge in [-0.15, -0.1) is 0 Å². The first-order chi connectivity index (χ1) is 12.7. The number of hydrogen-bond donors (Lipinski definition) is 1. The zero-order valence-electron chi connectivity index (χ0n) is 16.7. The zero-order chi connectivity index (χ0) is 20.0. The van der Waals surface area contributed by atoms with Gasteiger partial charge in [0.05, 0.1) is 0 Å². The molecule has 5 nitrogen and oxygen atoms in total. The lowest BCUT2D eigenvalue weighted by atomic mass is 10.0. The number of rotatable bonds is 5. The molecule has 1 unspecified atom stereocenters. The van der Waals surface area contributed by atoms with Crippen LogP contribution in [-0.2, 0) is 16.0 Å². The molecule has 2 aromatic carbocycles. The van der Waals surface area contributed by atoms with Crippen LogP contribution in [0.15, 0.2) is 54.6 Å². The molecule has 0 bridgehead atoms. The molecule has 1 N–H and O–H groups in total. The maximum absolute atomic E-state index is 12.5. The van der Waals surface area contributed by atoms with Crippen LogP contribution in [0.1, 0.15) is 26.3 Å². The number of nitrogens with one attached hydrogen (secondary N) is 1. The van der Waals surface area contributed by atoms with Crippen LogP contribution < -0.4 is 5.32 Å². The summed E-state index contributed by atoms with van der Waals surface area (Å²) in [6.45, 7) is 5.37. The Balaban J connectivity index is 2.12. The second-order valence-electron chi connectivity index (χ2n) is 7.70. The van der Waals surface area contributed by atoms with Gasteiger partial charge < -0.3 is 15.0 Å². The molecule has 2 rings (SSSR count). The first kappa shape index (κ1) is 20.5. The van der Waals surface area contributed by atoms with Crippen LogP contribution in [-0.4, -0.2) is 42.6 Å². The van der Waals surface area contributed by atoms with Gasteiger partial charge in [-0.2, -0.15) is 0 Å². The fourth-order valence-electron chi connectivity index (χ4n) is 2.66. The van der Waals surface area contributed by atoms with Crippen LogP contribution in [0.4, 0.5) is 4.79 Å². The maximum atomic E-state index is 12.5. The van der Waals surface area contributed by atoms with Gasteiger partial charge in [0, 0.05) is 20.5 Å². The molecule has 5 heteroatoms. The fourth-order valence-corrected chi connectivity index (χ4v) is 2.66. The molecular weight excluding hydrogens is 340 g/mol. The second-order valence-corrected chi connectivity index (χ2v) is 7.70. The van der Waals surface area contributed by atoms with Crippen molar-refractivity contribution in [2.75, 3.05) is 14.1 Å². The van der Waals surface area contributed by atoms with Gasteiger partial charge >= 0.3 is 6.09 Å². The standard InChI is InChI=1S/C22H28N2O3/c1-22(2,3)27-21(26)23-19(20(25)24(4)5)15-16-11-13-18(14-12-16)17-9-7-6-8-10-17/h6-14,19H,15H2,1-5H3,(H,23,26). The summed E-state index contributed by atoms with van der Waals surface area (Å²) in [6.07, 6.45) is -0.200. The molecule has 27 heavy (non-hydrogen) atoms. The third-order valence-electron chi connectivity index (χ3n) is 3.93. The van der Waals surface area contributed by atoms with Gasteiger partial charge in [0.2, 0.25) is 5.91 Å². The highest BCUT2D eigenvalue weighted by molar-refractivity contribution is 5.85. The Bertz CT molecular complexity index is 762. The predicted molar refractivity (Wildman–Crippen MR) is 107 cm³/mol. The molecular formula is C22H28N2O3. The number of alkyl carbamates (subject to hydrolysis) is 1. The smallest absolute Gasteiger partial charge is 0.408 e. The van der Waals surface area contributed by atoms with Crippen LogP contribution in [0.5, 0.6) is 0 Å². The van der Waals surface area contributed by atoms with Crippen LogP contribution in [0, 0.1) is 0 Å². The van der Waals surface area contributed by atoms with E-state index in [2.05, 4.69) is 17.4 Å². The lowest BCUT2D eigenvalue weighted by Gasteiger charge is -2.25. The average molecular weight is 368 g/mol. The van der Waals surface area contributed by atoms with Gasteiger partial charge in [0.15, 0.2) is 0 Å². The summed E-state index contributed by atoms with van der Waals surface area (Å²) in [6, 6.07) is 17.4. The summed E-state index contributed by atoms with van der Waals surface area (Å²) in [5.41, 5.74) is 2.59. The molecule has 0 aliphatic rings. The fraction of sp³-hybridized carbons (Fsp3) is 0.364. The Kier molecular flexibility index (Phi) is 6.61. The molecule has 0 saturated heterocycles. The lowest BCUT2D eigenvalue weighted by Crippen LogP contribution is -2.48. The Morgan fingerprint density at radius 1 is 0.963 bits per heavy atom. The van der Waals surface area contributed by atoms with Gasteiger partial charge in [-0.3, -0.25) is 4.79 Å². The average Bonchev–Trinajstić information content (AvgIpc) is 2.60. The van der Waals surface area contributed by atoms with Gasteiger partial charge in [-0.25, -0.2) is 4.79 Å². The van der Waals surface area contributed by atoms with Crippen LogP contribution in [0.3, 0.4) is 0 Å². The number of carbonyl (C=O) groups is 2. The van der Waals surface area contributed by atoms with Crippen molar-refractivity contribution in [2.24, 2.45) is 0 Å². The van der Waals surface area contributed by atoms with Crippen molar-refractivity contribution in [2.45, 2.75) is 38.8 Å². The summed E-state index contributed by atoms with van der Waals surface area (Å²) < 4.78 is 5.29. The third kappa shape index (κ3) is 6.44. The zero-order valence-corrected chi connectivity index (χ0v) is 16.7. The first-order valence-electron chi connectivity index (χ1n) is 9.01. The molecule has 0 spiro atoms. The predicted octanol–water partition coefficient (Wildman–Crippen LogP) is 3.88. The molecule has 0 aliphatic carbocycles. The largest absolute Gasteiger partial charge is 0.444 e. The number of carbonyl (C=O) groups excluding carboxylic acids is 2. The van der Waals surface area contributed by atoms with Crippen molar-refractivity contribution in [3.05, 3.63) is 60.2 Å². The summed E-state index contributed by atoms with van der Waals surface area (Å²) in [4.78, 5) is 26.1. The topological polar surface area (TPSA) is 58.6 Å². The van der Waals surface area contributed by atoms with E-state index in [4.69, 9.17) is 4.74 Å². The maximum Gasteiger partial charge on any atom is 0.408 e. The minimum Gasteiger partial charge on any atom is -0.444 e. The number of hydrogen-bond acceptors (Lipinski definition) is 3. The van der Waals surface area contributed by atoms with E-state index in [-0.39, 0.29) is 5.91 Å². The number of nitrogens with zero attached hydrogens (tertiary/aromatic N) is 1. The molecule has 2 amide bonds. The quantitative estimate of drug-likeness (QED) is 0.871.